The minimum Gasteiger partial charge on any atom is -0.376 e. The van der Waals surface area contributed by atoms with E-state index in [0.29, 0.717) is 12.2 Å². The van der Waals surface area contributed by atoms with Gasteiger partial charge < -0.3 is 9.47 Å². The molecule has 0 spiro atoms. The molecule has 0 aromatic carbocycles. The first-order valence-electron chi connectivity index (χ1n) is 6.83. The van der Waals surface area contributed by atoms with E-state index in [0.717, 1.165) is 58.2 Å². The van der Waals surface area contributed by atoms with Crippen LogP contribution in [0, 0.1) is 0 Å². The lowest BCUT2D eigenvalue weighted by Gasteiger charge is -2.31. The van der Waals surface area contributed by atoms with Crippen molar-refractivity contribution in [2.24, 2.45) is 0 Å². The maximum atomic E-state index is 5.93. The Morgan fingerprint density at radius 2 is 1.94 bits per heavy atom. The molecule has 0 radical (unpaired) electrons. The summed E-state index contributed by atoms with van der Waals surface area (Å²) in [6.45, 7) is 9.20. The Balaban J connectivity index is 2.21. The average Bonchev–Trinajstić information content (AvgIpc) is 2.36. The van der Waals surface area contributed by atoms with Crippen LogP contribution in [0.4, 0.5) is 0 Å². The topological polar surface area (TPSA) is 18.5 Å². The minimum absolute atomic E-state index is 0.299. The van der Waals surface area contributed by atoms with Gasteiger partial charge in [0.2, 0.25) is 0 Å². The van der Waals surface area contributed by atoms with Crippen LogP contribution in [0.15, 0.2) is 25.3 Å². The smallest absolute Gasteiger partial charge is 0.0837 e. The normalized spacial score (nSPS) is 24.5. The van der Waals surface area contributed by atoms with Gasteiger partial charge in [0.1, 0.15) is 0 Å². The maximum Gasteiger partial charge on any atom is 0.0837 e. The number of hydrogen-bond acceptors (Lipinski definition) is 2. The van der Waals surface area contributed by atoms with Crippen LogP contribution in [0.25, 0.3) is 0 Å². The molecule has 1 saturated heterocycles. The fourth-order valence-electron chi connectivity index (χ4n) is 2.20. The molecule has 0 amide bonds. The fraction of sp³-hybridized carbons (Fsp3) is 0.733. The van der Waals surface area contributed by atoms with Crippen molar-refractivity contribution in [2.45, 2.75) is 57.2 Å². The van der Waals surface area contributed by atoms with Crippen LogP contribution >= 0.6 is 0 Å². The van der Waals surface area contributed by atoms with E-state index in [1.165, 1.54) is 0 Å². The van der Waals surface area contributed by atoms with Crippen molar-refractivity contribution in [3.05, 3.63) is 25.3 Å². The van der Waals surface area contributed by atoms with Gasteiger partial charge in [-0.3, -0.25) is 0 Å². The third-order valence-corrected chi connectivity index (χ3v) is 3.16. The van der Waals surface area contributed by atoms with E-state index in [4.69, 9.17) is 9.47 Å². The molecule has 0 aliphatic carbocycles. The van der Waals surface area contributed by atoms with Gasteiger partial charge in [-0.1, -0.05) is 12.2 Å². The highest BCUT2D eigenvalue weighted by Gasteiger charge is 2.25. The Morgan fingerprint density at radius 1 is 1.18 bits per heavy atom. The molecule has 1 aliphatic rings. The van der Waals surface area contributed by atoms with Gasteiger partial charge in [0, 0.05) is 13.2 Å². The van der Waals surface area contributed by atoms with E-state index >= 15 is 0 Å². The van der Waals surface area contributed by atoms with Crippen LogP contribution in [-0.4, -0.2) is 25.4 Å². The third kappa shape index (κ3) is 6.04. The van der Waals surface area contributed by atoms with Crippen LogP contribution in [0.5, 0.6) is 0 Å². The van der Waals surface area contributed by atoms with Crippen molar-refractivity contribution in [3.8, 4) is 0 Å². The van der Waals surface area contributed by atoms with E-state index in [1.807, 2.05) is 12.2 Å². The zero-order chi connectivity index (χ0) is 12.3. The van der Waals surface area contributed by atoms with Gasteiger partial charge in [-0.15, -0.1) is 13.2 Å². The highest BCUT2D eigenvalue weighted by atomic mass is 16.5. The molecule has 1 heterocycles. The van der Waals surface area contributed by atoms with Crippen molar-refractivity contribution in [1.29, 1.82) is 0 Å². The highest BCUT2D eigenvalue weighted by molar-refractivity contribution is 4.77. The maximum absolute atomic E-state index is 5.93. The molecule has 2 atom stereocenters. The second-order valence-corrected chi connectivity index (χ2v) is 4.61. The Bertz CT molecular complexity index is 213. The summed E-state index contributed by atoms with van der Waals surface area (Å²) in [6, 6.07) is 0. The van der Waals surface area contributed by atoms with Crippen molar-refractivity contribution in [3.63, 3.8) is 0 Å². The summed E-state index contributed by atoms with van der Waals surface area (Å²) in [5.41, 5.74) is 0. The molecule has 1 fully saturated rings. The van der Waals surface area contributed by atoms with E-state index in [2.05, 4.69) is 13.2 Å². The molecule has 1 aliphatic heterocycles. The van der Waals surface area contributed by atoms with Crippen LogP contribution < -0.4 is 0 Å². The molecular formula is C15H26O2. The van der Waals surface area contributed by atoms with Crippen LogP contribution in [0.1, 0.15) is 44.9 Å². The van der Waals surface area contributed by atoms with Crippen LogP contribution in [0.2, 0.25) is 0 Å². The first kappa shape index (κ1) is 14.5. The molecule has 1 rings (SSSR count). The molecule has 0 aromatic rings. The first-order chi connectivity index (χ1) is 8.38. The second-order valence-electron chi connectivity index (χ2n) is 4.61. The predicted molar refractivity (Wildman–Crippen MR) is 72.2 cm³/mol. The Hall–Kier alpha value is -0.600. The second kappa shape index (κ2) is 9.43. The predicted octanol–water partition coefficient (Wildman–Crippen LogP) is 3.87. The molecule has 17 heavy (non-hydrogen) atoms. The number of ether oxygens (including phenoxy) is 2. The molecule has 0 aromatic heterocycles. The van der Waals surface area contributed by atoms with Gasteiger partial charge in [0.15, 0.2) is 0 Å². The van der Waals surface area contributed by atoms with Gasteiger partial charge in [0.05, 0.1) is 12.2 Å². The van der Waals surface area contributed by atoms with Gasteiger partial charge in [-0.2, -0.15) is 0 Å². The summed E-state index contributed by atoms with van der Waals surface area (Å²) >= 11 is 0. The van der Waals surface area contributed by atoms with Crippen molar-refractivity contribution >= 4 is 0 Å². The SMILES string of the molecule is C=CCCCO[C@H]1CCCO[C@@H]1CCCC=C. The number of hydrogen-bond donors (Lipinski definition) is 0. The van der Waals surface area contributed by atoms with Crippen molar-refractivity contribution < 1.29 is 9.47 Å². The van der Waals surface area contributed by atoms with Gasteiger partial charge in [-0.25, -0.2) is 0 Å². The third-order valence-electron chi connectivity index (χ3n) is 3.16. The molecule has 0 unspecified atom stereocenters. The zero-order valence-electron chi connectivity index (χ0n) is 10.9. The van der Waals surface area contributed by atoms with E-state index < -0.39 is 0 Å². The first-order valence-corrected chi connectivity index (χ1v) is 6.83. The van der Waals surface area contributed by atoms with Crippen LogP contribution in [0.3, 0.4) is 0 Å². The van der Waals surface area contributed by atoms with E-state index in [9.17, 15) is 0 Å². The summed E-state index contributed by atoms with van der Waals surface area (Å²) in [5, 5.41) is 0. The monoisotopic (exact) mass is 238 g/mol. The van der Waals surface area contributed by atoms with Crippen molar-refractivity contribution in [1.82, 2.24) is 0 Å². The Kier molecular flexibility index (Phi) is 8.02. The minimum atomic E-state index is 0.299. The lowest BCUT2D eigenvalue weighted by molar-refractivity contribution is -0.108. The van der Waals surface area contributed by atoms with Gasteiger partial charge >= 0.3 is 0 Å². The molecule has 0 saturated carbocycles. The van der Waals surface area contributed by atoms with E-state index in [-0.39, 0.29) is 0 Å². The van der Waals surface area contributed by atoms with Crippen molar-refractivity contribution in [2.75, 3.05) is 13.2 Å². The Labute approximate surface area is 106 Å². The lowest BCUT2D eigenvalue weighted by atomic mass is 10.0. The largest absolute Gasteiger partial charge is 0.376 e. The summed E-state index contributed by atoms with van der Waals surface area (Å²) in [4.78, 5) is 0. The summed E-state index contributed by atoms with van der Waals surface area (Å²) < 4.78 is 11.7. The highest BCUT2D eigenvalue weighted by Crippen LogP contribution is 2.22. The molecule has 2 heteroatoms. The average molecular weight is 238 g/mol. The number of unbranched alkanes of at least 4 members (excludes halogenated alkanes) is 2. The summed E-state index contributed by atoms with van der Waals surface area (Å²) in [7, 11) is 0. The molecule has 0 bridgehead atoms. The van der Waals surface area contributed by atoms with Crippen LogP contribution in [-0.2, 0) is 9.47 Å². The number of allylic oxidation sites excluding steroid dienone is 2. The van der Waals surface area contributed by atoms with Gasteiger partial charge in [-0.05, 0) is 44.9 Å². The lowest BCUT2D eigenvalue weighted by Crippen LogP contribution is -2.36. The quantitative estimate of drug-likeness (QED) is 0.448. The summed E-state index contributed by atoms with van der Waals surface area (Å²) in [6.07, 6.45) is 12.2. The number of rotatable bonds is 9. The zero-order valence-corrected chi connectivity index (χ0v) is 10.9. The Morgan fingerprint density at radius 3 is 2.71 bits per heavy atom. The molecule has 2 nitrogen and oxygen atoms in total. The summed E-state index contributed by atoms with van der Waals surface area (Å²) in [5.74, 6) is 0. The molecular weight excluding hydrogens is 212 g/mol. The standard InChI is InChI=1S/C15H26O2/c1-3-5-7-10-14-15(11-9-13-17-14)16-12-8-6-4-2/h3-4,14-15H,1-2,5-13H2/t14-,15+/m1/s1. The fourth-order valence-corrected chi connectivity index (χ4v) is 2.20. The molecule has 98 valence electrons. The van der Waals surface area contributed by atoms with Gasteiger partial charge in [0.25, 0.3) is 0 Å². The molecule has 0 N–H and O–H groups in total. The van der Waals surface area contributed by atoms with E-state index in [1.54, 1.807) is 0 Å².